The molecule has 3 rings (SSSR count). The number of rotatable bonds is 7. The maximum Gasteiger partial charge on any atom is 0.270 e. The molecule has 0 atom stereocenters. The Kier molecular flexibility index (Phi) is 6.75. The highest BCUT2D eigenvalue weighted by Gasteiger charge is 2.33. The summed E-state index contributed by atoms with van der Waals surface area (Å²) < 4.78 is 11.8. The maximum absolute atomic E-state index is 13.0. The number of amides is 1. The van der Waals surface area contributed by atoms with Crippen LogP contribution in [0.15, 0.2) is 47.4 Å². The van der Waals surface area contributed by atoms with Crippen molar-refractivity contribution in [1.29, 1.82) is 0 Å². The summed E-state index contributed by atoms with van der Waals surface area (Å²) in [6.45, 7) is 4.75. The molecule has 0 aliphatic carbocycles. The number of nitrogens with zero attached hydrogens (tertiary/aromatic N) is 1. The molecule has 0 unspecified atom stereocenters. The predicted molar refractivity (Wildman–Crippen MR) is 120 cm³/mol. The van der Waals surface area contributed by atoms with Crippen LogP contribution >= 0.6 is 24.0 Å². The smallest absolute Gasteiger partial charge is 0.270 e. The van der Waals surface area contributed by atoms with Crippen molar-refractivity contribution in [3.05, 3.63) is 58.5 Å². The summed E-state index contributed by atoms with van der Waals surface area (Å²) in [5.74, 6) is 1.26. The largest absolute Gasteiger partial charge is 0.493 e. The van der Waals surface area contributed by atoms with Gasteiger partial charge in [0.1, 0.15) is 0 Å². The molecule has 1 fully saturated rings. The van der Waals surface area contributed by atoms with Crippen LogP contribution in [0.2, 0.25) is 0 Å². The Morgan fingerprint density at radius 3 is 2.68 bits per heavy atom. The minimum atomic E-state index is -0.105. The number of hydrogen-bond acceptors (Lipinski definition) is 5. The highest BCUT2D eigenvalue weighted by molar-refractivity contribution is 8.27. The molecule has 1 amide bonds. The Labute approximate surface area is 175 Å². The predicted octanol–water partition coefficient (Wildman–Crippen LogP) is 5.59. The fourth-order valence-electron chi connectivity index (χ4n) is 2.86. The Morgan fingerprint density at radius 2 is 1.96 bits per heavy atom. The molecule has 28 heavy (non-hydrogen) atoms. The molecular formula is C22H23NO3S2. The number of thiocarbonyl (C=S) groups is 1. The van der Waals surface area contributed by atoms with E-state index in [9.17, 15) is 4.79 Å². The van der Waals surface area contributed by atoms with Gasteiger partial charge < -0.3 is 9.47 Å². The summed E-state index contributed by atoms with van der Waals surface area (Å²) in [7, 11) is 1.61. The highest BCUT2D eigenvalue weighted by Crippen LogP contribution is 2.38. The molecule has 4 nitrogen and oxygen atoms in total. The lowest BCUT2D eigenvalue weighted by Gasteiger charge is -2.16. The van der Waals surface area contributed by atoms with Crippen LogP contribution in [0, 0.1) is 6.92 Å². The van der Waals surface area contributed by atoms with Crippen LogP contribution < -0.4 is 14.4 Å². The molecule has 0 bridgehead atoms. The number of thioether (sulfide) groups is 1. The van der Waals surface area contributed by atoms with Gasteiger partial charge in [-0.3, -0.25) is 9.69 Å². The molecule has 2 aromatic rings. The molecule has 146 valence electrons. The van der Waals surface area contributed by atoms with Crippen LogP contribution in [0.5, 0.6) is 11.5 Å². The van der Waals surface area contributed by atoms with Crippen LogP contribution in [0.3, 0.4) is 0 Å². The fourth-order valence-corrected chi connectivity index (χ4v) is 4.15. The van der Waals surface area contributed by atoms with Gasteiger partial charge in [-0.25, -0.2) is 0 Å². The van der Waals surface area contributed by atoms with Crippen molar-refractivity contribution in [1.82, 2.24) is 0 Å². The summed E-state index contributed by atoms with van der Waals surface area (Å²) in [4.78, 5) is 15.2. The van der Waals surface area contributed by atoms with Gasteiger partial charge in [-0.15, -0.1) is 0 Å². The van der Waals surface area contributed by atoms with Crippen molar-refractivity contribution in [3.63, 3.8) is 0 Å². The molecule has 2 aromatic carbocycles. The van der Waals surface area contributed by atoms with Gasteiger partial charge in [0.2, 0.25) is 0 Å². The lowest BCUT2D eigenvalue weighted by Crippen LogP contribution is -2.28. The molecule has 1 heterocycles. The zero-order valence-electron chi connectivity index (χ0n) is 16.2. The monoisotopic (exact) mass is 413 g/mol. The molecule has 1 saturated heterocycles. The van der Waals surface area contributed by atoms with Crippen molar-refractivity contribution in [2.75, 3.05) is 18.6 Å². The van der Waals surface area contributed by atoms with Gasteiger partial charge in [-0.2, -0.15) is 0 Å². The van der Waals surface area contributed by atoms with Crippen LogP contribution in [-0.4, -0.2) is 23.9 Å². The van der Waals surface area contributed by atoms with Crippen LogP contribution in [0.25, 0.3) is 6.08 Å². The van der Waals surface area contributed by atoms with Crippen LogP contribution in [-0.2, 0) is 4.79 Å². The number of anilines is 1. The van der Waals surface area contributed by atoms with Gasteiger partial charge in [0.15, 0.2) is 15.8 Å². The number of carbonyl (C=O) groups is 1. The van der Waals surface area contributed by atoms with E-state index in [1.165, 1.54) is 11.8 Å². The first-order valence-electron chi connectivity index (χ1n) is 9.19. The quantitative estimate of drug-likeness (QED) is 0.336. The maximum atomic E-state index is 13.0. The zero-order valence-corrected chi connectivity index (χ0v) is 17.9. The Bertz CT molecular complexity index is 924. The van der Waals surface area contributed by atoms with Gasteiger partial charge in [0, 0.05) is 0 Å². The van der Waals surface area contributed by atoms with E-state index in [2.05, 4.69) is 6.92 Å². The molecule has 0 N–H and O–H groups in total. The number of methoxy groups -OCH3 is 1. The number of unbranched alkanes of at least 4 members (excludes halogenated alkanes) is 1. The summed E-state index contributed by atoms with van der Waals surface area (Å²) >= 11 is 6.78. The summed E-state index contributed by atoms with van der Waals surface area (Å²) in [5.41, 5.74) is 2.70. The first-order chi connectivity index (χ1) is 13.5. The Hall–Kier alpha value is -2.31. The Morgan fingerprint density at radius 1 is 1.18 bits per heavy atom. The number of hydrogen-bond donors (Lipinski definition) is 0. The molecular weight excluding hydrogens is 390 g/mol. The van der Waals surface area contributed by atoms with E-state index in [0.29, 0.717) is 27.3 Å². The first kappa shape index (κ1) is 20.4. The van der Waals surface area contributed by atoms with Crippen molar-refractivity contribution in [3.8, 4) is 11.5 Å². The molecule has 0 aromatic heterocycles. The van der Waals surface area contributed by atoms with E-state index in [1.54, 1.807) is 12.0 Å². The van der Waals surface area contributed by atoms with Gasteiger partial charge >= 0.3 is 0 Å². The van der Waals surface area contributed by atoms with Gasteiger partial charge in [-0.1, -0.05) is 61.6 Å². The minimum Gasteiger partial charge on any atom is -0.493 e. The summed E-state index contributed by atoms with van der Waals surface area (Å²) in [6.07, 6.45) is 3.91. The highest BCUT2D eigenvalue weighted by atomic mass is 32.2. The topological polar surface area (TPSA) is 38.8 Å². The molecule has 0 spiro atoms. The van der Waals surface area contributed by atoms with E-state index in [0.717, 1.165) is 29.7 Å². The average Bonchev–Trinajstić information content (AvgIpc) is 2.96. The standard InChI is InChI=1S/C22H23NO3S2/c1-4-5-12-26-18-11-10-16(13-19(18)25-3)14-20-21(24)23(22(27)28-20)17-9-7-6-8-15(17)2/h6-11,13-14H,4-5,12H2,1-3H3/b20-14-. The normalized spacial score (nSPS) is 15.4. The van der Waals surface area contributed by atoms with E-state index in [-0.39, 0.29) is 5.91 Å². The molecule has 1 aliphatic rings. The molecule has 0 saturated carbocycles. The van der Waals surface area contributed by atoms with Crippen molar-refractivity contribution < 1.29 is 14.3 Å². The van der Waals surface area contributed by atoms with E-state index in [1.807, 2.05) is 55.5 Å². The number of benzene rings is 2. The van der Waals surface area contributed by atoms with Gasteiger partial charge in [0.25, 0.3) is 5.91 Å². The number of para-hydroxylation sites is 1. The van der Waals surface area contributed by atoms with Gasteiger partial charge in [-0.05, 0) is 48.7 Å². The van der Waals surface area contributed by atoms with Crippen molar-refractivity contribution in [2.24, 2.45) is 0 Å². The number of ether oxygens (including phenoxy) is 2. The number of aryl methyl sites for hydroxylation is 1. The van der Waals surface area contributed by atoms with E-state index >= 15 is 0 Å². The van der Waals surface area contributed by atoms with Crippen molar-refractivity contribution >= 4 is 46.0 Å². The second-order valence-corrected chi connectivity index (χ2v) is 8.09. The number of carbonyl (C=O) groups excluding carboxylic acids is 1. The minimum absolute atomic E-state index is 0.105. The van der Waals surface area contributed by atoms with E-state index < -0.39 is 0 Å². The van der Waals surface area contributed by atoms with Crippen LogP contribution in [0.4, 0.5) is 5.69 Å². The second kappa shape index (κ2) is 9.26. The lowest BCUT2D eigenvalue weighted by molar-refractivity contribution is -0.113. The SMILES string of the molecule is CCCCOc1ccc(/C=C2\SC(=S)N(c3ccccc3C)C2=O)cc1OC. The molecule has 6 heteroatoms. The third-order valence-corrected chi connectivity index (χ3v) is 5.69. The van der Waals surface area contributed by atoms with Crippen LogP contribution in [0.1, 0.15) is 30.9 Å². The summed E-state index contributed by atoms with van der Waals surface area (Å²) in [6, 6.07) is 13.4. The zero-order chi connectivity index (χ0) is 20.1. The molecule has 1 aliphatic heterocycles. The van der Waals surface area contributed by atoms with Crippen molar-refractivity contribution in [2.45, 2.75) is 26.7 Å². The third-order valence-electron chi connectivity index (χ3n) is 4.39. The summed E-state index contributed by atoms with van der Waals surface area (Å²) in [5, 5.41) is 0. The second-order valence-electron chi connectivity index (χ2n) is 6.42. The fraction of sp³-hybridized carbons (Fsp3) is 0.273. The Balaban J connectivity index is 1.85. The molecule has 0 radical (unpaired) electrons. The van der Waals surface area contributed by atoms with E-state index in [4.69, 9.17) is 21.7 Å². The average molecular weight is 414 g/mol. The lowest BCUT2D eigenvalue weighted by atomic mass is 10.1. The van der Waals surface area contributed by atoms with Gasteiger partial charge in [0.05, 0.1) is 24.3 Å². The third kappa shape index (κ3) is 4.39. The first-order valence-corrected chi connectivity index (χ1v) is 10.4.